The molecule has 1 aromatic carbocycles. The molecule has 1 aliphatic heterocycles. The topological polar surface area (TPSA) is 93.7 Å². The SMILES string of the molecule is Cc1cccn2cc(COc3ccc(C(=O)N4CCN(c5ncnc6c5cnn6C)CC4)cc3)nc12. The summed E-state index contributed by atoms with van der Waals surface area (Å²) in [7, 11) is 1.87. The average molecular weight is 483 g/mol. The van der Waals surface area contributed by atoms with E-state index in [2.05, 4.69) is 25.0 Å². The molecule has 1 fully saturated rings. The summed E-state index contributed by atoms with van der Waals surface area (Å²) in [6, 6.07) is 11.4. The molecule has 6 rings (SSSR count). The Bertz CT molecular complexity index is 1550. The zero-order valence-electron chi connectivity index (χ0n) is 20.2. The van der Waals surface area contributed by atoms with Crippen molar-refractivity contribution in [2.24, 2.45) is 7.05 Å². The molecular formula is C26H26N8O2. The molecule has 0 unspecified atom stereocenters. The molecule has 182 valence electrons. The first-order chi connectivity index (χ1) is 17.6. The molecule has 0 atom stereocenters. The normalized spacial score (nSPS) is 14.1. The molecule has 36 heavy (non-hydrogen) atoms. The molecule has 4 aromatic heterocycles. The highest BCUT2D eigenvalue weighted by Gasteiger charge is 2.24. The summed E-state index contributed by atoms with van der Waals surface area (Å²) in [5.41, 5.74) is 4.36. The van der Waals surface area contributed by atoms with E-state index in [4.69, 9.17) is 4.74 Å². The van der Waals surface area contributed by atoms with Crippen molar-refractivity contribution in [1.29, 1.82) is 0 Å². The summed E-state index contributed by atoms with van der Waals surface area (Å²) in [5, 5.41) is 5.22. The number of piperazine rings is 1. The number of rotatable bonds is 5. The van der Waals surface area contributed by atoms with E-state index in [9.17, 15) is 4.79 Å². The maximum atomic E-state index is 13.1. The lowest BCUT2D eigenvalue weighted by molar-refractivity contribution is 0.0746. The Morgan fingerprint density at radius 3 is 2.61 bits per heavy atom. The Morgan fingerprint density at radius 2 is 1.83 bits per heavy atom. The number of nitrogens with zero attached hydrogens (tertiary/aromatic N) is 8. The van der Waals surface area contributed by atoms with Gasteiger partial charge in [-0.1, -0.05) is 6.07 Å². The second-order valence-corrected chi connectivity index (χ2v) is 8.95. The Kier molecular flexibility index (Phi) is 5.48. The van der Waals surface area contributed by atoms with Gasteiger partial charge in [0.2, 0.25) is 0 Å². The number of anilines is 1. The predicted octanol–water partition coefficient (Wildman–Crippen LogP) is 2.86. The van der Waals surface area contributed by atoms with Crippen LogP contribution in [0.3, 0.4) is 0 Å². The summed E-state index contributed by atoms with van der Waals surface area (Å²) >= 11 is 0. The molecule has 5 heterocycles. The fraction of sp³-hybridized carbons (Fsp3) is 0.269. The molecule has 0 radical (unpaired) electrons. The minimum absolute atomic E-state index is 0.0197. The standard InChI is InChI=1S/C26H26N8O2/c1-18-4-3-9-34-15-20(30-23(18)34)16-36-21-7-5-19(6-8-21)26(35)33-12-10-32(11-13-33)25-22-14-29-31(2)24(22)27-17-28-25/h3-9,14-15,17H,10-13,16H2,1-2H3. The lowest BCUT2D eigenvalue weighted by Crippen LogP contribution is -2.49. The van der Waals surface area contributed by atoms with E-state index < -0.39 is 0 Å². The monoisotopic (exact) mass is 482 g/mol. The smallest absolute Gasteiger partial charge is 0.253 e. The first-order valence-electron chi connectivity index (χ1n) is 11.9. The second-order valence-electron chi connectivity index (χ2n) is 8.95. The van der Waals surface area contributed by atoms with Crippen LogP contribution in [0, 0.1) is 6.92 Å². The third-order valence-corrected chi connectivity index (χ3v) is 6.59. The number of aromatic nitrogens is 6. The van der Waals surface area contributed by atoms with Crippen molar-refractivity contribution < 1.29 is 9.53 Å². The van der Waals surface area contributed by atoms with Gasteiger partial charge in [0.15, 0.2) is 5.65 Å². The Labute approximate surface area is 207 Å². The highest BCUT2D eigenvalue weighted by Crippen LogP contribution is 2.24. The molecule has 0 aliphatic carbocycles. The lowest BCUT2D eigenvalue weighted by atomic mass is 10.1. The number of pyridine rings is 1. The third kappa shape index (κ3) is 4.00. The summed E-state index contributed by atoms with van der Waals surface area (Å²) < 4.78 is 9.66. The molecule has 0 N–H and O–H groups in total. The van der Waals surface area contributed by atoms with Gasteiger partial charge in [0.25, 0.3) is 5.91 Å². The van der Waals surface area contributed by atoms with Gasteiger partial charge in [-0.3, -0.25) is 9.48 Å². The van der Waals surface area contributed by atoms with Crippen LogP contribution in [-0.4, -0.2) is 66.1 Å². The van der Waals surface area contributed by atoms with Gasteiger partial charge in [-0.25, -0.2) is 15.0 Å². The number of amides is 1. The molecule has 1 amide bonds. The molecule has 10 nitrogen and oxygen atoms in total. The third-order valence-electron chi connectivity index (χ3n) is 6.59. The molecule has 1 aliphatic rings. The van der Waals surface area contributed by atoms with Gasteiger partial charge in [-0.2, -0.15) is 5.10 Å². The van der Waals surface area contributed by atoms with Crippen molar-refractivity contribution in [1.82, 2.24) is 34.0 Å². The van der Waals surface area contributed by atoms with Gasteiger partial charge in [0.05, 0.1) is 17.3 Å². The molecule has 10 heteroatoms. The molecule has 0 saturated carbocycles. The quantitative estimate of drug-likeness (QED) is 0.380. The number of benzene rings is 1. The highest BCUT2D eigenvalue weighted by atomic mass is 16.5. The number of carbonyl (C=O) groups is 1. The fourth-order valence-corrected chi connectivity index (χ4v) is 4.63. The predicted molar refractivity (Wildman–Crippen MR) is 135 cm³/mol. The zero-order chi connectivity index (χ0) is 24.6. The van der Waals surface area contributed by atoms with E-state index in [0.717, 1.165) is 33.8 Å². The largest absolute Gasteiger partial charge is 0.487 e. The molecule has 0 spiro atoms. The summed E-state index contributed by atoms with van der Waals surface area (Å²) in [6.07, 6.45) is 7.31. The van der Waals surface area contributed by atoms with E-state index in [0.29, 0.717) is 44.1 Å². The number of fused-ring (bicyclic) bond motifs is 2. The molecule has 0 bridgehead atoms. The van der Waals surface area contributed by atoms with Gasteiger partial charge >= 0.3 is 0 Å². The number of aryl methyl sites for hydroxylation is 2. The van der Waals surface area contributed by atoms with Crippen LogP contribution in [0.1, 0.15) is 21.6 Å². The van der Waals surface area contributed by atoms with E-state index in [1.165, 1.54) is 0 Å². The van der Waals surface area contributed by atoms with Crippen LogP contribution in [0.4, 0.5) is 5.82 Å². The van der Waals surface area contributed by atoms with Crippen LogP contribution in [-0.2, 0) is 13.7 Å². The number of ether oxygens (including phenoxy) is 1. The van der Waals surface area contributed by atoms with Crippen molar-refractivity contribution in [2.45, 2.75) is 13.5 Å². The second kappa shape index (κ2) is 8.95. The van der Waals surface area contributed by atoms with Crippen molar-refractivity contribution >= 4 is 28.4 Å². The van der Waals surface area contributed by atoms with Crippen LogP contribution in [0.5, 0.6) is 5.75 Å². The number of carbonyl (C=O) groups excluding carboxylic acids is 1. The lowest BCUT2D eigenvalue weighted by Gasteiger charge is -2.35. The van der Waals surface area contributed by atoms with Crippen molar-refractivity contribution in [2.75, 3.05) is 31.1 Å². The minimum Gasteiger partial charge on any atom is -0.487 e. The van der Waals surface area contributed by atoms with Crippen molar-refractivity contribution in [3.63, 3.8) is 0 Å². The van der Waals surface area contributed by atoms with Gasteiger partial charge in [0, 0.05) is 51.2 Å². The van der Waals surface area contributed by atoms with Crippen molar-refractivity contribution in [3.05, 3.63) is 78.1 Å². The van der Waals surface area contributed by atoms with E-state index in [1.807, 2.05) is 72.1 Å². The van der Waals surface area contributed by atoms with Crippen LogP contribution < -0.4 is 9.64 Å². The van der Waals surface area contributed by atoms with E-state index in [1.54, 1.807) is 17.2 Å². The van der Waals surface area contributed by atoms with Crippen LogP contribution in [0.25, 0.3) is 16.7 Å². The van der Waals surface area contributed by atoms with Crippen LogP contribution in [0.2, 0.25) is 0 Å². The van der Waals surface area contributed by atoms with Gasteiger partial charge in [-0.05, 0) is 42.8 Å². The van der Waals surface area contributed by atoms with E-state index in [-0.39, 0.29) is 5.91 Å². The van der Waals surface area contributed by atoms with Crippen LogP contribution in [0.15, 0.2) is 61.3 Å². The Hall–Kier alpha value is -4.47. The van der Waals surface area contributed by atoms with Crippen molar-refractivity contribution in [3.8, 4) is 5.75 Å². The highest BCUT2D eigenvalue weighted by molar-refractivity contribution is 5.94. The maximum Gasteiger partial charge on any atom is 0.253 e. The average Bonchev–Trinajstić information content (AvgIpc) is 3.52. The number of hydrogen-bond acceptors (Lipinski definition) is 7. The number of hydrogen-bond donors (Lipinski definition) is 0. The van der Waals surface area contributed by atoms with Gasteiger partial charge in [-0.15, -0.1) is 0 Å². The first kappa shape index (κ1) is 22.0. The molecule has 5 aromatic rings. The van der Waals surface area contributed by atoms with Gasteiger partial charge in [0.1, 0.15) is 30.1 Å². The summed E-state index contributed by atoms with van der Waals surface area (Å²) in [4.78, 5) is 30.6. The first-order valence-corrected chi connectivity index (χ1v) is 11.9. The Morgan fingerprint density at radius 1 is 1.03 bits per heavy atom. The maximum absolute atomic E-state index is 13.1. The number of imidazole rings is 1. The van der Waals surface area contributed by atoms with Crippen LogP contribution >= 0.6 is 0 Å². The van der Waals surface area contributed by atoms with Gasteiger partial charge < -0.3 is 18.9 Å². The minimum atomic E-state index is 0.0197. The molecular weight excluding hydrogens is 456 g/mol. The zero-order valence-corrected chi connectivity index (χ0v) is 20.2. The van der Waals surface area contributed by atoms with E-state index >= 15 is 0 Å². The molecule has 1 saturated heterocycles. The summed E-state index contributed by atoms with van der Waals surface area (Å²) in [6.45, 7) is 5.05. The summed E-state index contributed by atoms with van der Waals surface area (Å²) in [5.74, 6) is 1.59. The Balaban J connectivity index is 1.07. The fourth-order valence-electron chi connectivity index (χ4n) is 4.63.